The zero-order valence-electron chi connectivity index (χ0n) is 15.8. The maximum Gasteiger partial charge on any atom is 0.274 e. The summed E-state index contributed by atoms with van der Waals surface area (Å²) in [7, 11) is 0. The van der Waals surface area contributed by atoms with E-state index in [2.05, 4.69) is 25.1 Å². The molecule has 4 heterocycles. The zero-order valence-corrected chi connectivity index (χ0v) is 15.8. The first-order valence-corrected chi connectivity index (χ1v) is 9.40. The quantitative estimate of drug-likeness (QED) is 0.576. The molecule has 0 aliphatic carbocycles. The van der Waals surface area contributed by atoms with E-state index in [0.29, 0.717) is 42.4 Å². The lowest BCUT2D eigenvalue weighted by Crippen LogP contribution is -2.44. The van der Waals surface area contributed by atoms with Gasteiger partial charge >= 0.3 is 0 Å². The van der Waals surface area contributed by atoms with Crippen molar-refractivity contribution in [3.8, 4) is 17.1 Å². The summed E-state index contributed by atoms with van der Waals surface area (Å²) in [5.41, 5.74) is 3.54. The first-order valence-electron chi connectivity index (χ1n) is 9.40. The largest absolute Gasteiger partial charge is 0.375 e. The van der Waals surface area contributed by atoms with Crippen LogP contribution in [0.4, 0.5) is 0 Å². The molecule has 3 aromatic heterocycles. The number of benzene rings is 1. The van der Waals surface area contributed by atoms with Crippen molar-refractivity contribution in [3.05, 3.63) is 54.7 Å². The third-order valence-corrected chi connectivity index (χ3v) is 4.95. The van der Waals surface area contributed by atoms with Crippen molar-refractivity contribution >= 4 is 17.1 Å². The highest BCUT2D eigenvalue weighted by molar-refractivity contribution is 5.93. The van der Waals surface area contributed by atoms with Gasteiger partial charge in [0.1, 0.15) is 17.5 Å². The van der Waals surface area contributed by atoms with Crippen molar-refractivity contribution < 1.29 is 9.53 Å². The van der Waals surface area contributed by atoms with Gasteiger partial charge in [0.25, 0.3) is 5.91 Å². The highest BCUT2D eigenvalue weighted by Crippen LogP contribution is 2.22. The number of aromatic nitrogens is 6. The van der Waals surface area contributed by atoms with Gasteiger partial charge in [0.15, 0.2) is 11.5 Å². The SMILES string of the molecule is C[C@@H]1CN(C(=O)c2cnc3c(ccn3-c3cccc(-c4ncn[nH]4)c3)n2)CCO1. The number of rotatable bonds is 3. The maximum atomic E-state index is 12.8. The average molecular weight is 389 g/mol. The first-order chi connectivity index (χ1) is 14.2. The van der Waals surface area contributed by atoms with Gasteiger partial charge in [0, 0.05) is 30.5 Å². The molecule has 0 radical (unpaired) electrons. The molecule has 29 heavy (non-hydrogen) atoms. The number of nitrogens with zero attached hydrogens (tertiary/aromatic N) is 6. The summed E-state index contributed by atoms with van der Waals surface area (Å²) >= 11 is 0. The van der Waals surface area contributed by atoms with Crippen molar-refractivity contribution in [3.63, 3.8) is 0 Å². The second-order valence-corrected chi connectivity index (χ2v) is 6.97. The van der Waals surface area contributed by atoms with Crippen LogP contribution < -0.4 is 0 Å². The van der Waals surface area contributed by atoms with Crippen LogP contribution in [0.15, 0.2) is 49.1 Å². The van der Waals surface area contributed by atoms with Crippen molar-refractivity contribution in [1.82, 2.24) is 34.6 Å². The van der Waals surface area contributed by atoms with E-state index in [4.69, 9.17) is 4.74 Å². The smallest absolute Gasteiger partial charge is 0.274 e. The van der Waals surface area contributed by atoms with Gasteiger partial charge in [-0.25, -0.2) is 15.0 Å². The Hall–Kier alpha value is -3.59. The molecule has 1 fully saturated rings. The fourth-order valence-corrected chi connectivity index (χ4v) is 3.53. The lowest BCUT2D eigenvalue weighted by Gasteiger charge is -2.30. The zero-order chi connectivity index (χ0) is 19.8. The molecule has 1 N–H and O–H groups in total. The van der Waals surface area contributed by atoms with Crippen molar-refractivity contribution in [2.75, 3.05) is 19.7 Å². The number of ether oxygens (including phenoxy) is 1. The Morgan fingerprint density at radius 3 is 3.03 bits per heavy atom. The minimum Gasteiger partial charge on any atom is -0.375 e. The summed E-state index contributed by atoms with van der Waals surface area (Å²) < 4.78 is 7.45. The molecule has 0 bridgehead atoms. The number of fused-ring (bicyclic) bond motifs is 1. The number of carbonyl (C=O) groups is 1. The van der Waals surface area contributed by atoms with Gasteiger partial charge in [-0.2, -0.15) is 5.10 Å². The van der Waals surface area contributed by atoms with Crippen LogP contribution in [0, 0.1) is 0 Å². The van der Waals surface area contributed by atoms with Crippen LogP contribution in [0.3, 0.4) is 0 Å². The number of hydrogen-bond donors (Lipinski definition) is 1. The van der Waals surface area contributed by atoms with Crippen LogP contribution in [0.5, 0.6) is 0 Å². The molecule has 1 atom stereocenters. The van der Waals surface area contributed by atoms with Crippen LogP contribution in [-0.4, -0.2) is 66.3 Å². The van der Waals surface area contributed by atoms with Crippen molar-refractivity contribution in [2.45, 2.75) is 13.0 Å². The summed E-state index contributed by atoms with van der Waals surface area (Å²) in [5, 5.41) is 6.77. The molecule has 9 heteroatoms. The lowest BCUT2D eigenvalue weighted by molar-refractivity contribution is -0.0126. The minimum atomic E-state index is -0.116. The molecule has 0 saturated carbocycles. The number of H-pyrrole nitrogens is 1. The lowest BCUT2D eigenvalue weighted by atomic mass is 10.2. The van der Waals surface area contributed by atoms with E-state index in [1.54, 1.807) is 11.1 Å². The van der Waals surface area contributed by atoms with E-state index in [0.717, 1.165) is 11.3 Å². The van der Waals surface area contributed by atoms with Crippen molar-refractivity contribution in [1.29, 1.82) is 0 Å². The standard InChI is InChI=1S/C20H19N7O2/c1-13-11-26(7-8-29-13)20(28)17-10-21-19-16(24-17)5-6-27(19)15-4-2-3-14(9-15)18-22-12-23-25-18/h2-6,9-10,12-13H,7-8,11H2,1H3,(H,22,23,25)/t13-/m1/s1. The van der Waals surface area contributed by atoms with E-state index in [1.807, 2.05) is 48.0 Å². The van der Waals surface area contributed by atoms with Crippen LogP contribution in [0.25, 0.3) is 28.2 Å². The molecule has 4 aromatic rings. The van der Waals surface area contributed by atoms with Gasteiger partial charge in [0.2, 0.25) is 0 Å². The molecule has 1 aliphatic heterocycles. The summed E-state index contributed by atoms with van der Waals surface area (Å²) in [6.07, 6.45) is 4.95. The van der Waals surface area contributed by atoms with E-state index in [9.17, 15) is 4.79 Å². The van der Waals surface area contributed by atoms with Crippen LogP contribution in [-0.2, 0) is 4.74 Å². The van der Waals surface area contributed by atoms with E-state index >= 15 is 0 Å². The van der Waals surface area contributed by atoms with E-state index in [1.165, 1.54) is 6.33 Å². The molecule has 146 valence electrons. The summed E-state index contributed by atoms with van der Waals surface area (Å²) in [5.74, 6) is 0.580. The molecule has 1 amide bonds. The fourth-order valence-electron chi connectivity index (χ4n) is 3.53. The highest BCUT2D eigenvalue weighted by atomic mass is 16.5. The second-order valence-electron chi connectivity index (χ2n) is 6.97. The Morgan fingerprint density at radius 1 is 1.28 bits per heavy atom. The fraction of sp³-hybridized carbons (Fsp3) is 0.250. The molecule has 1 aromatic carbocycles. The average Bonchev–Trinajstić information content (AvgIpc) is 3.43. The topological polar surface area (TPSA) is 102 Å². The van der Waals surface area contributed by atoms with Crippen LogP contribution in [0.1, 0.15) is 17.4 Å². The molecule has 9 nitrogen and oxygen atoms in total. The van der Waals surface area contributed by atoms with Gasteiger partial charge in [-0.1, -0.05) is 12.1 Å². The van der Waals surface area contributed by atoms with Crippen molar-refractivity contribution in [2.24, 2.45) is 0 Å². The minimum absolute atomic E-state index is 0.0297. The molecule has 1 saturated heterocycles. The summed E-state index contributed by atoms with van der Waals surface area (Å²) in [4.78, 5) is 27.8. The third-order valence-electron chi connectivity index (χ3n) is 4.95. The molecule has 1 aliphatic rings. The Balaban J connectivity index is 1.47. The van der Waals surface area contributed by atoms with Gasteiger partial charge in [-0.05, 0) is 25.1 Å². The maximum absolute atomic E-state index is 12.8. The predicted molar refractivity (Wildman–Crippen MR) is 106 cm³/mol. The van der Waals surface area contributed by atoms with Gasteiger partial charge in [-0.3, -0.25) is 14.5 Å². The normalized spacial score (nSPS) is 17.0. The van der Waals surface area contributed by atoms with Crippen LogP contribution in [0.2, 0.25) is 0 Å². The van der Waals surface area contributed by atoms with Gasteiger partial charge in [0.05, 0.1) is 18.9 Å². The highest BCUT2D eigenvalue weighted by Gasteiger charge is 2.24. The first kappa shape index (κ1) is 17.5. The summed E-state index contributed by atoms with van der Waals surface area (Å²) in [6, 6.07) is 9.75. The molecule has 5 rings (SSSR count). The Kier molecular flexibility index (Phi) is 4.28. The van der Waals surface area contributed by atoms with E-state index in [-0.39, 0.29) is 12.0 Å². The van der Waals surface area contributed by atoms with Crippen LogP contribution >= 0.6 is 0 Å². The number of carbonyl (C=O) groups excluding carboxylic acids is 1. The number of morpholine rings is 1. The second kappa shape index (κ2) is 7.10. The van der Waals surface area contributed by atoms with E-state index < -0.39 is 0 Å². The van der Waals surface area contributed by atoms with Gasteiger partial charge < -0.3 is 9.64 Å². The predicted octanol–water partition coefficient (Wildman–Crippen LogP) is 2.07. The monoisotopic (exact) mass is 389 g/mol. The Morgan fingerprint density at radius 2 is 2.21 bits per heavy atom. The molecule has 0 unspecified atom stereocenters. The molecule has 0 spiro atoms. The Labute approximate surface area is 166 Å². The Bertz CT molecular complexity index is 1170. The number of aromatic amines is 1. The van der Waals surface area contributed by atoms with Gasteiger partial charge in [-0.15, -0.1) is 0 Å². The number of nitrogens with one attached hydrogen (secondary N) is 1. The molecular formula is C20H19N7O2. The third kappa shape index (κ3) is 3.25. The number of hydrogen-bond acceptors (Lipinski definition) is 6. The summed E-state index contributed by atoms with van der Waals surface area (Å²) in [6.45, 7) is 3.63. The molecular weight excluding hydrogens is 370 g/mol. The number of amides is 1.